The number of benzene rings is 1. The van der Waals surface area contributed by atoms with Crippen LogP contribution in [-0.4, -0.2) is 0 Å². The molecule has 0 nitrogen and oxygen atoms in total. The predicted molar refractivity (Wildman–Crippen MR) is 85.4 cm³/mol. The second kappa shape index (κ2) is 4.36. The third-order valence-electron chi connectivity index (χ3n) is 3.37. The average molecular weight is 274 g/mol. The lowest BCUT2D eigenvalue weighted by atomic mass is 10.1. The van der Waals surface area contributed by atoms with Gasteiger partial charge in [-0.1, -0.05) is 27.7 Å². The van der Waals surface area contributed by atoms with Crippen molar-refractivity contribution in [2.24, 2.45) is 0 Å². The van der Waals surface area contributed by atoms with Gasteiger partial charge in [-0.25, -0.2) is 0 Å². The maximum atomic E-state index is 2.39. The van der Waals surface area contributed by atoms with Gasteiger partial charge in [0.2, 0.25) is 0 Å². The lowest BCUT2D eigenvalue weighted by molar-refractivity contribution is 0.890. The molecule has 2 heterocycles. The van der Waals surface area contributed by atoms with Crippen LogP contribution in [0.2, 0.25) is 0 Å². The Morgan fingerprint density at radius 1 is 0.722 bits per heavy atom. The number of hydrogen-bond donors (Lipinski definition) is 0. The zero-order chi connectivity index (χ0) is 12.9. The Labute approximate surface area is 116 Å². The van der Waals surface area contributed by atoms with Gasteiger partial charge in [-0.2, -0.15) is 0 Å². The van der Waals surface area contributed by atoms with E-state index in [-0.39, 0.29) is 0 Å². The highest BCUT2D eigenvalue weighted by atomic mass is 32.1. The van der Waals surface area contributed by atoms with E-state index in [1.165, 1.54) is 29.9 Å². The number of fused-ring (bicyclic) bond motifs is 3. The molecule has 0 saturated carbocycles. The minimum atomic E-state index is 0.626. The Hall–Kier alpha value is -0.860. The van der Waals surface area contributed by atoms with Crippen molar-refractivity contribution in [1.82, 2.24) is 0 Å². The van der Waals surface area contributed by atoms with Crippen LogP contribution < -0.4 is 0 Å². The Morgan fingerprint density at radius 3 is 1.44 bits per heavy atom. The van der Waals surface area contributed by atoms with Crippen LogP contribution in [0, 0.1) is 0 Å². The Kier molecular flexibility index (Phi) is 2.95. The van der Waals surface area contributed by atoms with Crippen molar-refractivity contribution in [2.75, 3.05) is 0 Å². The van der Waals surface area contributed by atoms with Crippen molar-refractivity contribution in [1.29, 1.82) is 0 Å². The van der Waals surface area contributed by atoms with Crippen LogP contribution in [-0.2, 0) is 0 Å². The van der Waals surface area contributed by atoms with Crippen LogP contribution >= 0.6 is 22.7 Å². The van der Waals surface area contributed by atoms with Gasteiger partial charge in [0.25, 0.3) is 0 Å². The molecule has 0 fully saturated rings. The van der Waals surface area contributed by atoms with Gasteiger partial charge in [-0.05, 0) is 36.1 Å². The van der Waals surface area contributed by atoms with Gasteiger partial charge in [0.05, 0.1) is 0 Å². The molecule has 2 heteroatoms. The van der Waals surface area contributed by atoms with Gasteiger partial charge in [0.1, 0.15) is 0 Å². The molecule has 0 aliphatic rings. The van der Waals surface area contributed by atoms with Crippen LogP contribution in [0.3, 0.4) is 0 Å². The largest absolute Gasteiger partial charge is 0.140 e. The van der Waals surface area contributed by atoms with Crippen molar-refractivity contribution < 1.29 is 0 Å². The monoisotopic (exact) mass is 274 g/mol. The standard InChI is InChI=1S/C16H18S2/c1-9(2)15-7-11-12-8-16(10(3)4)18-14(12)6-5-13(11)17-15/h5-10H,1-4H3. The topological polar surface area (TPSA) is 0 Å². The zero-order valence-corrected chi connectivity index (χ0v) is 12.9. The summed E-state index contributed by atoms with van der Waals surface area (Å²) in [5, 5.41) is 2.90. The molecule has 0 bridgehead atoms. The second-order valence-corrected chi connectivity index (χ2v) is 7.73. The molecule has 0 saturated heterocycles. The maximum absolute atomic E-state index is 2.39. The Morgan fingerprint density at radius 2 is 1.11 bits per heavy atom. The molecule has 18 heavy (non-hydrogen) atoms. The Balaban J connectivity index is 2.30. The fourth-order valence-electron chi connectivity index (χ4n) is 2.24. The van der Waals surface area contributed by atoms with Crippen molar-refractivity contribution in [3.63, 3.8) is 0 Å². The molecule has 94 valence electrons. The fraction of sp³-hybridized carbons (Fsp3) is 0.375. The SMILES string of the molecule is CC(C)c1cc2c(ccc3sc(C(C)C)cc32)s1. The van der Waals surface area contributed by atoms with Crippen molar-refractivity contribution in [3.8, 4) is 0 Å². The van der Waals surface area contributed by atoms with E-state index < -0.39 is 0 Å². The van der Waals surface area contributed by atoms with E-state index in [0.29, 0.717) is 11.8 Å². The van der Waals surface area contributed by atoms with E-state index in [0.717, 1.165) is 0 Å². The highest BCUT2D eigenvalue weighted by molar-refractivity contribution is 7.21. The predicted octanol–water partition coefficient (Wildman–Crippen LogP) is 6.36. The summed E-state index contributed by atoms with van der Waals surface area (Å²) in [7, 11) is 0. The van der Waals surface area contributed by atoms with Crippen molar-refractivity contribution >= 4 is 42.8 Å². The van der Waals surface area contributed by atoms with Crippen LogP contribution in [0.4, 0.5) is 0 Å². The van der Waals surface area contributed by atoms with E-state index in [2.05, 4.69) is 52.0 Å². The summed E-state index contributed by atoms with van der Waals surface area (Å²) in [6.07, 6.45) is 0. The summed E-state index contributed by atoms with van der Waals surface area (Å²) in [5.41, 5.74) is 0. The molecule has 0 spiro atoms. The molecule has 3 aromatic rings. The zero-order valence-electron chi connectivity index (χ0n) is 11.3. The lowest BCUT2D eigenvalue weighted by Crippen LogP contribution is -1.78. The molecule has 0 atom stereocenters. The molecular weight excluding hydrogens is 256 g/mol. The molecule has 0 aliphatic heterocycles. The maximum Gasteiger partial charge on any atom is 0.0352 e. The van der Waals surface area contributed by atoms with Gasteiger partial charge < -0.3 is 0 Å². The fourth-order valence-corrected chi connectivity index (χ4v) is 4.40. The quantitative estimate of drug-likeness (QED) is 0.510. The van der Waals surface area contributed by atoms with E-state index >= 15 is 0 Å². The summed E-state index contributed by atoms with van der Waals surface area (Å²) in [5.74, 6) is 1.25. The average Bonchev–Trinajstić information content (AvgIpc) is 2.91. The highest BCUT2D eigenvalue weighted by Gasteiger charge is 2.11. The number of rotatable bonds is 2. The van der Waals surface area contributed by atoms with Crippen LogP contribution in [0.15, 0.2) is 24.3 Å². The second-order valence-electron chi connectivity index (χ2n) is 5.50. The minimum Gasteiger partial charge on any atom is -0.140 e. The van der Waals surface area contributed by atoms with Gasteiger partial charge in [0, 0.05) is 29.9 Å². The molecular formula is C16H18S2. The summed E-state index contributed by atoms with van der Waals surface area (Å²) in [4.78, 5) is 2.99. The van der Waals surface area contributed by atoms with E-state index in [9.17, 15) is 0 Å². The molecule has 2 aromatic heterocycles. The van der Waals surface area contributed by atoms with Crippen molar-refractivity contribution in [2.45, 2.75) is 39.5 Å². The first kappa shape index (κ1) is 12.2. The molecule has 3 rings (SSSR count). The molecule has 0 aliphatic carbocycles. The minimum absolute atomic E-state index is 0.626. The summed E-state index contributed by atoms with van der Waals surface area (Å²) >= 11 is 3.88. The molecule has 0 unspecified atom stereocenters. The highest BCUT2D eigenvalue weighted by Crippen LogP contribution is 2.39. The first-order valence-corrected chi connectivity index (χ1v) is 8.15. The van der Waals surface area contributed by atoms with Gasteiger partial charge in [-0.15, -0.1) is 22.7 Å². The Bertz CT molecular complexity index is 637. The third kappa shape index (κ3) is 1.88. The summed E-state index contributed by atoms with van der Waals surface area (Å²) < 4.78 is 2.86. The van der Waals surface area contributed by atoms with Gasteiger partial charge in [0.15, 0.2) is 0 Å². The molecule has 0 N–H and O–H groups in total. The van der Waals surface area contributed by atoms with Crippen LogP contribution in [0.25, 0.3) is 20.2 Å². The molecule has 0 amide bonds. The molecule has 1 aromatic carbocycles. The van der Waals surface area contributed by atoms with Crippen LogP contribution in [0.1, 0.15) is 49.3 Å². The van der Waals surface area contributed by atoms with E-state index in [4.69, 9.17) is 0 Å². The van der Waals surface area contributed by atoms with Gasteiger partial charge in [-0.3, -0.25) is 0 Å². The van der Waals surface area contributed by atoms with E-state index in [1.807, 2.05) is 22.7 Å². The number of hydrogen-bond acceptors (Lipinski definition) is 2. The van der Waals surface area contributed by atoms with Crippen molar-refractivity contribution in [3.05, 3.63) is 34.0 Å². The van der Waals surface area contributed by atoms with Gasteiger partial charge >= 0.3 is 0 Å². The van der Waals surface area contributed by atoms with E-state index in [1.54, 1.807) is 0 Å². The molecule has 0 radical (unpaired) electrons. The van der Waals surface area contributed by atoms with Crippen LogP contribution in [0.5, 0.6) is 0 Å². The summed E-state index contributed by atoms with van der Waals surface area (Å²) in [6.45, 7) is 9.09. The first-order chi connectivity index (χ1) is 8.56. The third-order valence-corrected chi connectivity index (χ3v) is 6.18. The first-order valence-electron chi connectivity index (χ1n) is 6.52. The lowest BCUT2D eigenvalue weighted by Gasteiger charge is -1.96. The number of thiophene rings is 2. The normalized spacial score (nSPS) is 12.3. The summed E-state index contributed by atoms with van der Waals surface area (Å²) in [6, 6.07) is 9.36. The smallest absolute Gasteiger partial charge is 0.0352 e.